The van der Waals surface area contributed by atoms with E-state index < -0.39 is 0 Å². The lowest BCUT2D eigenvalue weighted by Gasteiger charge is -2.16. The molecule has 0 bridgehead atoms. The van der Waals surface area contributed by atoms with Crippen LogP contribution >= 0.6 is 0 Å². The highest BCUT2D eigenvalue weighted by molar-refractivity contribution is 5.73. The Balaban J connectivity index is 1.57. The van der Waals surface area contributed by atoms with Crippen LogP contribution in [0.2, 0.25) is 0 Å². The van der Waals surface area contributed by atoms with E-state index in [9.17, 15) is 4.79 Å². The summed E-state index contributed by atoms with van der Waals surface area (Å²) in [6.07, 6.45) is 3.96. The molecule has 3 heterocycles. The normalized spacial score (nSPS) is 11.7. The summed E-state index contributed by atoms with van der Waals surface area (Å²) in [6, 6.07) is 5.85. The lowest BCUT2D eigenvalue weighted by Crippen LogP contribution is -2.36. The molecule has 3 aromatic heterocycles. The number of carbonyl (C=O) groups excluding carboxylic acids is 1. The lowest BCUT2D eigenvalue weighted by atomic mass is 9.92. The van der Waals surface area contributed by atoms with E-state index >= 15 is 0 Å². The minimum absolute atomic E-state index is 0.0168. The van der Waals surface area contributed by atoms with Crippen molar-refractivity contribution in [2.24, 2.45) is 0 Å². The average molecular weight is 354 g/mol. The van der Waals surface area contributed by atoms with Gasteiger partial charge in [0.15, 0.2) is 0 Å². The molecule has 0 atom stereocenters. The number of rotatable bonds is 4. The first-order valence-electron chi connectivity index (χ1n) is 8.70. The molecule has 0 radical (unpaired) electrons. The number of aromatic amines is 1. The Bertz CT molecular complexity index is 918. The second-order valence-electron chi connectivity index (χ2n) is 7.75. The number of amides is 2. The summed E-state index contributed by atoms with van der Waals surface area (Å²) < 4.78 is 1.97. The van der Waals surface area contributed by atoms with Crippen molar-refractivity contribution in [2.45, 2.75) is 46.2 Å². The molecule has 3 rings (SSSR count). The van der Waals surface area contributed by atoms with Gasteiger partial charge in [0.2, 0.25) is 0 Å². The zero-order chi connectivity index (χ0) is 18.9. The molecule has 0 aromatic carbocycles. The number of hydrogen-bond acceptors (Lipinski definition) is 3. The van der Waals surface area contributed by atoms with Crippen molar-refractivity contribution >= 4 is 11.7 Å². The summed E-state index contributed by atoms with van der Waals surface area (Å²) in [5.74, 6) is 0. The Kier molecular flexibility index (Phi) is 4.71. The predicted molar refractivity (Wildman–Crippen MR) is 101 cm³/mol. The van der Waals surface area contributed by atoms with Crippen LogP contribution in [-0.4, -0.2) is 37.6 Å². The smallest absolute Gasteiger partial charge is 0.317 e. The van der Waals surface area contributed by atoms with Crippen LogP contribution in [0.25, 0.3) is 5.65 Å². The minimum Gasteiger partial charge on any atom is -0.332 e. The van der Waals surface area contributed by atoms with Gasteiger partial charge in [0, 0.05) is 24.9 Å². The summed E-state index contributed by atoms with van der Waals surface area (Å²) in [4.78, 5) is 18.5. The lowest BCUT2D eigenvalue weighted by molar-refractivity contribution is 0.206. The maximum absolute atomic E-state index is 12.3. The van der Waals surface area contributed by atoms with Crippen LogP contribution in [0, 0.1) is 6.92 Å². The Morgan fingerprint density at radius 3 is 2.77 bits per heavy atom. The maximum Gasteiger partial charge on any atom is 0.317 e. The number of H-pyrrole nitrogens is 1. The van der Waals surface area contributed by atoms with Gasteiger partial charge in [-0.15, -0.1) is 0 Å². The van der Waals surface area contributed by atoms with Gasteiger partial charge in [0.1, 0.15) is 5.65 Å². The van der Waals surface area contributed by atoms with E-state index in [4.69, 9.17) is 0 Å². The molecule has 0 aliphatic heterocycles. The van der Waals surface area contributed by atoms with E-state index in [1.807, 2.05) is 41.9 Å². The molecule has 2 amide bonds. The first-order valence-corrected chi connectivity index (χ1v) is 8.70. The second-order valence-corrected chi connectivity index (χ2v) is 7.75. The highest BCUT2D eigenvalue weighted by Crippen LogP contribution is 2.20. The topological polar surface area (TPSA) is 78.3 Å². The monoisotopic (exact) mass is 354 g/mol. The van der Waals surface area contributed by atoms with Gasteiger partial charge in [-0.1, -0.05) is 26.8 Å². The molecule has 3 aromatic rings. The molecule has 26 heavy (non-hydrogen) atoms. The molecule has 7 heteroatoms. The fraction of sp³-hybridized carbons (Fsp3) is 0.421. The van der Waals surface area contributed by atoms with Crippen molar-refractivity contribution in [2.75, 3.05) is 7.05 Å². The molecule has 0 fully saturated rings. The van der Waals surface area contributed by atoms with Crippen molar-refractivity contribution in [3.8, 4) is 0 Å². The molecule has 138 valence electrons. The highest BCUT2D eigenvalue weighted by Gasteiger charge is 2.18. The molecule has 2 N–H and O–H groups in total. The number of aryl methyl sites for hydroxylation is 1. The third kappa shape index (κ3) is 4.04. The van der Waals surface area contributed by atoms with Gasteiger partial charge >= 0.3 is 6.03 Å². The van der Waals surface area contributed by atoms with Gasteiger partial charge in [-0.2, -0.15) is 5.10 Å². The van der Waals surface area contributed by atoms with Crippen LogP contribution in [0.3, 0.4) is 0 Å². The zero-order valence-electron chi connectivity index (χ0n) is 16.0. The molecule has 0 aliphatic rings. The highest BCUT2D eigenvalue weighted by atomic mass is 16.2. The van der Waals surface area contributed by atoms with Crippen LogP contribution in [0.1, 0.15) is 43.4 Å². The van der Waals surface area contributed by atoms with Gasteiger partial charge in [-0.3, -0.25) is 5.10 Å². The van der Waals surface area contributed by atoms with E-state index in [-0.39, 0.29) is 11.4 Å². The van der Waals surface area contributed by atoms with Crippen molar-refractivity contribution < 1.29 is 4.79 Å². The van der Waals surface area contributed by atoms with E-state index in [2.05, 4.69) is 41.3 Å². The predicted octanol–water partition coefficient (Wildman–Crippen LogP) is 3.00. The number of nitrogens with one attached hydrogen (secondary N) is 2. The first-order chi connectivity index (χ1) is 12.2. The zero-order valence-corrected chi connectivity index (χ0v) is 16.0. The number of imidazole rings is 1. The maximum atomic E-state index is 12.3. The summed E-state index contributed by atoms with van der Waals surface area (Å²) in [5.41, 5.74) is 4.75. The average Bonchev–Trinajstić information content (AvgIpc) is 3.18. The van der Waals surface area contributed by atoms with Gasteiger partial charge < -0.3 is 14.6 Å². The van der Waals surface area contributed by atoms with Crippen LogP contribution in [0.5, 0.6) is 0 Å². The quantitative estimate of drug-likeness (QED) is 0.756. The third-order valence-electron chi connectivity index (χ3n) is 4.22. The fourth-order valence-electron chi connectivity index (χ4n) is 2.70. The van der Waals surface area contributed by atoms with E-state index in [1.165, 1.54) is 5.56 Å². The standard InChI is InChI=1S/C19H26N6O/c1-13-6-7-17-21-15(12-25(17)10-13)9-20-18(26)24(5)11-14-8-16(23-22-14)19(2,3)4/h6-8,10,12H,9,11H2,1-5H3,(H,20,26)(H,22,23). The van der Waals surface area contributed by atoms with Crippen molar-refractivity contribution in [3.63, 3.8) is 0 Å². The molecule has 0 saturated carbocycles. The second kappa shape index (κ2) is 6.82. The van der Waals surface area contributed by atoms with Crippen LogP contribution in [0.4, 0.5) is 4.79 Å². The number of carbonyl (C=O) groups is 1. The van der Waals surface area contributed by atoms with E-state index in [0.29, 0.717) is 13.1 Å². The molecule has 7 nitrogen and oxygen atoms in total. The minimum atomic E-state index is -0.148. The summed E-state index contributed by atoms with van der Waals surface area (Å²) >= 11 is 0. The largest absolute Gasteiger partial charge is 0.332 e. The molecular formula is C19H26N6O. The number of nitrogens with zero attached hydrogens (tertiary/aromatic N) is 4. The number of urea groups is 1. The number of fused-ring (bicyclic) bond motifs is 1. The van der Waals surface area contributed by atoms with Crippen LogP contribution in [0.15, 0.2) is 30.6 Å². The molecular weight excluding hydrogens is 328 g/mol. The summed E-state index contributed by atoms with van der Waals surface area (Å²) in [6.45, 7) is 9.23. The van der Waals surface area contributed by atoms with Crippen LogP contribution < -0.4 is 5.32 Å². The molecule has 0 unspecified atom stereocenters. The van der Waals surface area contributed by atoms with Crippen molar-refractivity contribution in [1.82, 2.24) is 29.8 Å². The number of hydrogen-bond donors (Lipinski definition) is 2. The van der Waals surface area contributed by atoms with E-state index in [1.54, 1.807) is 11.9 Å². The van der Waals surface area contributed by atoms with Crippen LogP contribution in [-0.2, 0) is 18.5 Å². The Hall–Kier alpha value is -2.83. The summed E-state index contributed by atoms with van der Waals surface area (Å²) in [7, 11) is 1.76. The van der Waals surface area contributed by atoms with Gasteiger partial charge in [-0.25, -0.2) is 9.78 Å². The Morgan fingerprint density at radius 1 is 1.31 bits per heavy atom. The molecule has 0 aliphatic carbocycles. The fourth-order valence-corrected chi connectivity index (χ4v) is 2.70. The van der Waals surface area contributed by atoms with Gasteiger partial charge in [-0.05, 0) is 24.6 Å². The number of aromatic nitrogens is 4. The van der Waals surface area contributed by atoms with Crippen molar-refractivity contribution in [1.29, 1.82) is 0 Å². The first kappa shape index (κ1) is 18.0. The van der Waals surface area contributed by atoms with Gasteiger partial charge in [0.05, 0.1) is 30.2 Å². The van der Waals surface area contributed by atoms with Crippen molar-refractivity contribution in [3.05, 3.63) is 53.2 Å². The summed E-state index contributed by atoms with van der Waals surface area (Å²) in [5, 5.41) is 10.2. The molecule has 0 saturated heterocycles. The van der Waals surface area contributed by atoms with E-state index in [0.717, 1.165) is 22.7 Å². The van der Waals surface area contributed by atoms with Gasteiger partial charge in [0.25, 0.3) is 0 Å². The Morgan fingerprint density at radius 2 is 2.08 bits per heavy atom. The third-order valence-corrected chi connectivity index (χ3v) is 4.22. The Labute approximate surface area is 153 Å². The SMILES string of the molecule is Cc1ccc2nc(CNC(=O)N(C)Cc3cc(C(C)(C)C)n[nH]3)cn2c1. The number of pyridine rings is 1. The molecule has 0 spiro atoms.